The molecule has 21 heavy (non-hydrogen) atoms. The molecule has 1 aliphatic heterocycles. The Labute approximate surface area is 141 Å². The molecule has 1 N–H and O–H groups in total. The van der Waals surface area contributed by atoms with Gasteiger partial charge in [0.25, 0.3) is 0 Å². The SMILES string of the molecule is Clc1ccc(Br)cc1[C@@H](C1CCCCC1)N1CCNCC1. The molecule has 2 fully saturated rings. The fourth-order valence-corrected chi connectivity index (χ4v) is 4.51. The van der Waals surface area contributed by atoms with Gasteiger partial charge in [-0.3, -0.25) is 4.90 Å². The van der Waals surface area contributed by atoms with Crippen LogP contribution >= 0.6 is 27.5 Å². The molecule has 1 aromatic rings. The van der Waals surface area contributed by atoms with Crippen molar-refractivity contribution < 1.29 is 0 Å². The first-order valence-corrected chi connectivity index (χ1v) is 9.32. The Morgan fingerprint density at radius 1 is 1.14 bits per heavy atom. The fourth-order valence-electron chi connectivity index (χ4n) is 3.90. The Hall–Kier alpha value is -0.0900. The molecule has 0 amide bonds. The maximum absolute atomic E-state index is 6.57. The third-order valence-electron chi connectivity index (χ3n) is 4.92. The highest BCUT2D eigenvalue weighted by atomic mass is 79.9. The largest absolute Gasteiger partial charge is 0.314 e. The Bertz CT molecular complexity index is 450. The van der Waals surface area contributed by atoms with Crippen molar-refractivity contribution in [2.45, 2.75) is 38.1 Å². The second-order valence-electron chi connectivity index (χ2n) is 6.29. The molecular weight excluding hydrogens is 348 g/mol. The van der Waals surface area contributed by atoms with E-state index in [0.717, 1.165) is 41.6 Å². The van der Waals surface area contributed by atoms with Crippen molar-refractivity contribution in [3.63, 3.8) is 0 Å². The monoisotopic (exact) mass is 370 g/mol. The molecule has 4 heteroatoms. The molecule has 0 unspecified atom stereocenters. The van der Waals surface area contributed by atoms with Crippen LogP contribution in [0.4, 0.5) is 0 Å². The van der Waals surface area contributed by atoms with Crippen LogP contribution < -0.4 is 5.32 Å². The summed E-state index contributed by atoms with van der Waals surface area (Å²) in [6, 6.07) is 6.81. The number of nitrogens with one attached hydrogen (secondary N) is 1. The lowest BCUT2D eigenvalue weighted by Gasteiger charge is -2.41. The van der Waals surface area contributed by atoms with Gasteiger partial charge in [0.15, 0.2) is 0 Å². The van der Waals surface area contributed by atoms with Gasteiger partial charge in [-0.05, 0) is 42.5 Å². The van der Waals surface area contributed by atoms with Gasteiger partial charge >= 0.3 is 0 Å². The molecule has 3 rings (SSSR count). The first kappa shape index (κ1) is 15.8. The summed E-state index contributed by atoms with van der Waals surface area (Å²) in [6.45, 7) is 4.44. The molecule has 2 nitrogen and oxygen atoms in total. The summed E-state index contributed by atoms with van der Waals surface area (Å²) >= 11 is 10.2. The molecule has 1 aliphatic carbocycles. The second kappa shape index (κ2) is 7.45. The zero-order valence-corrected chi connectivity index (χ0v) is 14.8. The predicted octanol–water partition coefficient (Wildman–Crippen LogP) is 4.63. The fraction of sp³-hybridized carbons (Fsp3) is 0.647. The van der Waals surface area contributed by atoms with Gasteiger partial charge in [0.1, 0.15) is 0 Å². The number of halogens is 2. The van der Waals surface area contributed by atoms with Crippen molar-refractivity contribution in [3.05, 3.63) is 33.3 Å². The van der Waals surface area contributed by atoms with Crippen LogP contribution in [0.1, 0.15) is 43.7 Å². The average molecular weight is 372 g/mol. The molecule has 0 spiro atoms. The third-order valence-corrected chi connectivity index (χ3v) is 5.76. The Morgan fingerprint density at radius 2 is 1.86 bits per heavy atom. The number of nitrogens with zero attached hydrogens (tertiary/aromatic N) is 1. The summed E-state index contributed by atoms with van der Waals surface area (Å²) in [5.74, 6) is 0.753. The van der Waals surface area contributed by atoms with Gasteiger partial charge < -0.3 is 5.32 Å². The van der Waals surface area contributed by atoms with Crippen LogP contribution in [0.5, 0.6) is 0 Å². The maximum Gasteiger partial charge on any atom is 0.0454 e. The molecule has 116 valence electrons. The van der Waals surface area contributed by atoms with Crippen molar-refractivity contribution in [2.24, 2.45) is 5.92 Å². The van der Waals surface area contributed by atoms with Crippen LogP contribution in [0.3, 0.4) is 0 Å². The number of benzene rings is 1. The molecule has 1 atom stereocenters. The van der Waals surface area contributed by atoms with E-state index < -0.39 is 0 Å². The van der Waals surface area contributed by atoms with E-state index in [0.29, 0.717) is 6.04 Å². The lowest BCUT2D eigenvalue weighted by atomic mass is 9.80. The lowest BCUT2D eigenvalue weighted by Crippen LogP contribution is -2.47. The van der Waals surface area contributed by atoms with Gasteiger partial charge in [0.05, 0.1) is 0 Å². The lowest BCUT2D eigenvalue weighted by molar-refractivity contribution is 0.103. The summed E-state index contributed by atoms with van der Waals surface area (Å²) in [4.78, 5) is 2.65. The van der Waals surface area contributed by atoms with E-state index in [1.807, 2.05) is 12.1 Å². The quantitative estimate of drug-likeness (QED) is 0.833. The van der Waals surface area contributed by atoms with E-state index in [2.05, 4.69) is 32.2 Å². The van der Waals surface area contributed by atoms with Crippen molar-refractivity contribution in [1.82, 2.24) is 10.2 Å². The molecule has 0 radical (unpaired) electrons. The number of hydrogen-bond acceptors (Lipinski definition) is 2. The van der Waals surface area contributed by atoms with E-state index in [-0.39, 0.29) is 0 Å². The van der Waals surface area contributed by atoms with Gasteiger partial charge in [0, 0.05) is 41.7 Å². The Kier molecular flexibility index (Phi) is 5.60. The maximum atomic E-state index is 6.57. The first-order valence-electron chi connectivity index (χ1n) is 8.15. The van der Waals surface area contributed by atoms with Crippen molar-refractivity contribution >= 4 is 27.5 Å². The van der Waals surface area contributed by atoms with Crippen LogP contribution in [0, 0.1) is 5.92 Å². The Balaban J connectivity index is 1.91. The molecule has 1 aromatic carbocycles. The summed E-state index contributed by atoms with van der Waals surface area (Å²) < 4.78 is 1.14. The topological polar surface area (TPSA) is 15.3 Å². The highest BCUT2D eigenvalue weighted by Crippen LogP contribution is 2.41. The second-order valence-corrected chi connectivity index (χ2v) is 7.62. The number of rotatable bonds is 3. The standard InChI is InChI=1S/C17H24BrClN2/c18-14-6-7-16(19)15(12-14)17(13-4-2-1-3-5-13)21-10-8-20-9-11-21/h6-7,12-13,17,20H,1-5,8-11H2/t17-/m1/s1. The van der Waals surface area contributed by atoms with E-state index in [4.69, 9.17) is 11.6 Å². The first-order chi connectivity index (χ1) is 10.3. The van der Waals surface area contributed by atoms with Crippen LogP contribution in [0.25, 0.3) is 0 Å². The van der Waals surface area contributed by atoms with Crippen molar-refractivity contribution in [1.29, 1.82) is 0 Å². The molecule has 0 aromatic heterocycles. The van der Waals surface area contributed by atoms with Crippen LogP contribution in [0.2, 0.25) is 5.02 Å². The van der Waals surface area contributed by atoms with Crippen molar-refractivity contribution in [2.75, 3.05) is 26.2 Å². The molecule has 0 bridgehead atoms. The molecule has 2 aliphatic rings. The summed E-state index contributed by atoms with van der Waals surface area (Å²) in [6.07, 6.45) is 6.84. The number of hydrogen-bond donors (Lipinski definition) is 1. The molecule has 1 saturated carbocycles. The average Bonchev–Trinajstić information content (AvgIpc) is 2.53. The summed E-state index contributed by atoms with van der Waals surface area (Å²) in [5, 5.41) is 4.39. The predicted molar refractivity (Wildman–Crippen MR) is 92.9 cm³/mol. The summed E-state index contributed by atoms with van der Waals surface area (Å²) in [7, 11) is 0. The van der Waals surface area contributed by atoms with Gasteiger partial charge in [-0.25, -0.2) is 0 Å². The molecular formula is C17H24BrClN2. The van der Waals surface area contributed by atoms with Crippen LogP contribution in [-0.4, -0.2) is 31.1 Å². The highest BCUT2D eigenvalue weighted by Gasteiger charge is 2.32. The zero-order chi connectivity index (χ0) is 14.7. The molecule has 1 saturated heterocycles. The summed E-state index contributed by atoms with van der Waals surface area (Å²) in [5.41, 5.74) is 1.32. The zero-order valence-electron chi connectivity index (χ0n) is 12.5. The normalized spacial score (nSPS) is 23.1. The minimum Gasteiger partial charge on any atom is -0.314 e. The van der Waals surface area contributed by atoms with Gasteiger partial charge in [-0.15, -0.1) is 0 Å². The van der Waals surface area contributed by atoms with Gasteiger partial charge in [0.2, 0.25) is 0 Å². The van der Waals surface area contributed by atoms with Crippen LogP contribution in [0.15, 0.2) is 22.7 Å². The van der Waals surface area contributed by atoms with E-state index in [9.17, 15) is 0 Å². The minimum atomic E-state index is 0.484. The van der Waals surface area contributed by atoms with Crippen LogP contribution in [-0.2, 0) is 0 Å². The van der Waals surface area contributed by atoms with Crippen molar-refractivity contribution in [3.8, 4) is 0 Å². The van der Waals surface area contributed by atoms with E-state index in [1.165, 1.54) is 37.7 Å². The van der Waals surface area contributed by atoms with E-state index >= 15 is 0 Å². The Morgan fingerprint density at radius 3 is 2.57 bits per heavy atom. The number of piperazine rings is 1. The molecule has 1 heterocycles. The third kappa shape index (κ3) is 3.82. The minimum absolute atomic E-state index is 0.484. The highest BCUT2D eigenvalue weighted by molar-refractivity contribution is 9.10. The van der Waals surface area contributed by atoms with Gasteiger partial charge in [-0.1, -0.05) is 46.8 Å². The smallest absolute Gasteiger partial charge is 0.0454 e. The van der Waals surface area contributed by atoms with Gasteiger partial charge in [-0.2, -0.15) is 0 Å². The van der Waals surface area contributed by atoms with E-state index in [1.54, 1.807) is 0 Å².